The molecule has 1 aromatic carbocycles. The summed E-state index contributed by atoms with van der Waals surface area (Å²) >= 11 is 0. The van der Waals surface area contributed by atoms with E-state index in [0.29, 0.717) is 6.04 Å². The van der Waals surface area contributed by atoms with Gasteiger partial charge in [-0.15, -0.1) is 0 Å². The molecule has 1 aromatic rings. The Morgan fingerprint density at radius 1 is 1.16 bits per heavy atom. The van der Waals surface area contributed by atoms with Crippen molar-refractivity contribution in [2.24, 2.45) is 11.8 Å². The molecule has 2 aliphatic rings. The Morgan fingerprint density at radius 2 is 2.00 bits per heavy atom. The molecule has 0 bridgehead atoms. The highest BCUT2D eigenvalue weighted by atomic mass is 14.9. The van der Waals surface area contributed by atoms with Gasteiger partial charge in [0.2, 0.25) is 0 Å². The molecule has 0 saturated heterocycles. The fourth-order valence-electron chi connectivity index (χ4n) is 3.98. The molecule has 3 rings (SSSR count). The van der Waals surface area contributed by atoms with Crippen LogP contribution in [0.15, 0.2) is 24.3 Å². The van der Waals surface area contributed by atoms with Crippen LogP contribution in [-0.4, -0.2) is 7.05 Å². The second-order valence-electron chi connectivity index (χ2n) is 6.74. The van der Waals surface area contributed by atoms with Gasteiger partial charge in [-0.3, -0.25) is 0 Å². The van der Waals surface area contributed by atoms with E-state index in [1.807, 2.05) is 0 Å². The summed E-state index contributed by atoms with van der Waals surface area (Å²) in [6, 6.07) is 9.97. The number of benzene rings is 1. The average molecular weight is 257 g/mol. The monoisotopic (exact) mass is 257 g/mol. The van der Waals surface area contributed by atoms with Crippen molar-refractivity contribution < 1.29 is 0 Å². The van der Waals surface area contributed by atoms with Crippen LogP contribution < -0.4 is 5.32 Å². The zero-order chi connectivity index (χ0) is 13.2. The number of hydrogen-bond acceptors (Lipinski definition) is 1. The number of nitrogens with one attached hydrogen (secondary N) is 1. The molecular formula is C18H27N. The van der Waals surface area contributed by atoms with Crippen molar-refractivity contribution in [2.75, 3.05) is 7.05 Å². The standard InChI is InChI=1S/C18H27N/c1-13-9-10-17(11-13)18(19-2)16-8-4-7-15(12-16)14-5-3-6-14/h4,7-8,12-14,17-19H,3,5-6,9-11H2,1-2H3. The third-order valence-corrected chi connectivity index (χ3v) is 5.36. The molecule has 1 N–H and O–H groups in total. The van der Waals surface area contributed by atoms with Crippen molar-refractivity contribution >= 4 is 0 Å². The summed E-state index contributed by atoms with van der Waals surface area (Å²) in [5.74, 6) is 2.59. The van der Waals surface area contributed by atoms with Crippen LogP contribution >= 0.6 is 0 Å². The minimum atomic E-state index is 0.560. The highest BCUT2D eigenvalue weighted by Crippen LogP contribution is 2.41. The molecule has 2 fully saturated rings. The van der Waals surface area contributed by atoms with E-state index in [0.717, 1.165) is 17.8 Å². The molecule has 104 valence electrons. The first kappa shape index (κ1) is 13.2. The topological polar surface area (TPSA) is 12.0 Å². The smallest absolute Gasteiger partial charge is 0.0346 e. The van der Waals surface area contributed by atoms with E-state index in [1.54, 1.807) is 5.56 Å². The molecule has 0 amide bonds. The van der Waals surface area contributed by atoms with Gasteiger partial charge in [-0.1, -0.05) is 44.0 Å². The van der Waals surface area contributed by atoms with Crippen LogP contribution in [0.25, 0.3) is 0 Å². The van der Waals surface area contributed by atoms with Gasteiger partial charge >= 0.3 is 0 Å². The molecule has 0 heterocycles. The molecule has 1 nitrogen and oxygen atoms in total. The van der Waals surface area contributed by atoms with E-state index in [4.69, 9.17) is 0 Å². The van der Waals surface area contributed by atoms with Gasteiger partial charge in [-0.2, -0.15) is 0 Å². The lowest BCUT2D eigenvalue weighted by Gasteiger charge is -2.28. The molecule has 2 saturated carbocycles. The Morgan fingerprint density at radius 3 is 2.58 bits per heavy atom. The van der Waals surface area contributed by atoms with E-state index in [1.165, 1.54) is 44.1 Å². The lowest BCUT2D eigenvalue weighted by atomic mass is 9.79. The van der Waals surface area contributed by atoms with Crippen LogP contribution in [0.1, 0.15) is 68.5 Å². The third kappa shape index (κ3) is 2.72. The zero-order valence-electron chi connectivity index (χ0n) is 12.4. The van der Waals surface area contributed by atoms with Crippen LogP contribution in [-0.2, 0) is 0 Å². The first-order valence-electron chi connectivity index (χ1n) is 8.05. The predicted octanol–water partition coefficient (Wildman–Crippen LogP) is 4.65. The normalized spacial score (nSPS) is 29.2. The summed E-state index contributed by atoms with van der Waals surface area (Å²) in [5.41, 5.74) is 3.10. The van der Waals surface area contributed by atoms with Gasteiger partial charge in [0.25, 0.3) is 0 Å². The van der Waals surface area contributed by atoms with E-state index in [-0.39, 0.29) is 0 Å². The lowest BCUT2D eigenvalue weighted by molar-refractivity contribution is 0.377. The van der Waals surface area contributed by atoms with Gasteiger partial charge in [-0.05, 0) is 61.6 Å². The second-order valence-corrected chi connectivity index (χ2v) is 6.74. The summed E-state index contributed by atoms with van der Waals surface area (Å²) in [4.78, 5) is 0. The van der Waals surface area contributed by atoms with Crippen LogP contribution in [0.4, 0.5) is 0 Å². The van der Waals surface area contributed by atoms with Crippen LogP contribution in [0.2, 0.25) is 0 Å². The van der Waals surface area contributed by atoms with Crippen molar-refractivity contribution in [1.29, 1.82) is 0 Å². The quantitative estimate of drug-likeness (QED) is 0.828. The van der Waals surface area contributed by atoms with E-state index >= 15 is 0 Å². The molecule has 3 atom stereocenters. The highest BCUT2D eigenvalue weighted by molar-refractivity contribution is 5.30. The molecule has 19 heavy (non-hydrogen) atoms. The second kappa shape index (κ2) is 5.66. The fourth-order valence-corrected chi connectivity index (χ4v) is 3.98. The van der Waals surface area contributed by atoms with E-state index < -0.39 is 0 Å². The number of rotatable bonds is 4. The van der Waals surface area contributed by atoms with Crippen molar-refractivity contribution in [3.05, 3.63) is 35.4 Å². The van der Waals surface area contributed by atoms with Gasteiger partial charge in [0.15, 0.2) is 0 Å². The van der Waals surface area contributed by atoms with E-state index in [9.17, 15) is 0 Å². The lowest BCUT2D eigenvalue weighted by Crippen LogP contribution is -2.24. The first-order chi connectivity index (χ1) is 9.28. The predicted molar refractivity (Wildman–Crippen MR) is 81.3 cm³/mol. The van der Waals surface area contributed by atoms with Gasteiger partial charge in [0.05, 0.1) is 0 Å². The molecule has 0 spiro atoms. The minimum Gasteiger partial charge on any atom is -0.313 e. The Hall–Kier alpha value is -0.820. The molecule has 2 aliphatic carbocycles. The Balaban J connectivity index is 1.78. The van der Waals surface area contributed by atoms with Crippen molar-refractivity contribution in [2.45, 2.75) is 57.4 Å². The van der Waals surface area contributed by atoms with Crippen molar-refractivity contribution in [3.8, 4) is 0 Å². The van der Waals surface area contributed by atoms with Crippen LogP contribution in [0, 0.1) is 11.8 Å². The molecule has 0 aromatic heterocycles. The molecule has 0 aliphatic heterocycles. The van der Waals surface area contributed by atoms with Gasteiger partial charge in [0.1, 0.15) is 0 Å². The summed E-state index contributed by atoms with van der Waals surface area (Å²) in [7, 11) is 2.13. The maximum Gasteiger partial charge on any atom is 0.0346 e. The maximum absolute atomic E-state index is 3.58. The highest BCUT2D eigenvalue weighted by Gasteiger charge is 2.29. The fraction of sp³-hybridized carbons (Fsp3) is 0.667. The Labute approximate surface area is 117 Å². The minimum absolute atomic E-state index is 0.560. The molecular weight excluding hydrogens is 230 g/mol. The SMILES string of the molecule is CNC(c1cccc(C2CCC2)c1)C1CCC(C)C1. The van der Waals surface area contributed by atoms with Gasteiger partial charge < -0.3 is 5.32 Å². The third-order valence-electron chi connectivity index (χ3n) is 5.36. The van der Waals surface area contributed by atoms with Crippen LogP contribution in [0.5, 0.6) is 0 Å². The van der Waals surface area contributed by atoms with Crippen molar-refractivity contribution in [1.82, 2.24) is 5.32 Å². The van der Waals surface area contributed by atoms with Gasteiger partial charge in [-0.25, -0.2) is 0 Å². The van der Waals surface area contributed by atoms with Crippen LogP contribution in [0.3, 0.4) is 0 Å². The zero-order valence-corrected chi connectivity index (χ0v) is 12.4. The van der Waals surface area contributed by atoms with E-state index in [2.05, 4.69) is 43.6 Å². The molecule has 3 unspecified atom stereocenters. The summed E-state index contributed by atoms with van der Waals surface area (Å²) < 4.78 is 0. The summed E-state index contributed by atoms with van der Waals surface area (Å²) in [5, 5.41) is 3.58. The summed E-state index contributed by atoms with van der Waals surface area (Å²) in [6.07, 6.45) is 8.40. The average Bonchev–Trinajstić information content (AvgIpc) is 2.75. The largest absolute Gasteiger partial charge is 0.313 e. The maximum atomic E-state index is 3.58. The Kier molecular flexibility index (Phi) is 3.93. The van der Waals surface area contributed by atoms with Crippen molar-refractivity contribution in [3.63, 3.8) is 0 Å². The molecule has 0 radical (unpaired) electrons. The van der Waals surface area contributed by atoms with Gasteiger partial charge in [0, 0.05) is 6.04 Å². The number of hydrogen-bond donors (Lipinski definition) is 1. The molecule has 1 heteroatoms. The first-order valence-corrected chi connectivity index (χ1v) is 8.05. The Bertz CT molecular complexity index is 421. The summed E-state index contributed by atoms with van der Waals surface area (Å²) in [6.45, 7) is 2.40.